The highest BCUT2D eigenvalue weighted by molar-refractivity contribution is 5.84. The molecule has 6 heteroatoms. The quantitative estimate of drug-likeness (QED) is 0.126. The number of fused-ring (bicyclic) bond motifs is 2. The Hall–Kier alpha value is -4.72. The van der Waals surface area contributed by atoms with Crippen molar-refractivity contribution in [1.82, 2.24) is 4.57 Å². The van der Waals surface area contributed by atoms with E-state index in [1.807, 2.05) is 41.1 Å². The lowest BCUT2D eigenvalue weighted by Gasteiger charge is -2.18. The molecule has 2 aliphatic rings. The minimum Gasteiger partial charge on any atom is -0.491 e. The van der Waals surface area contributed by atoms with E-state index in [1.54, 1.807) is 12.1 Å². The van der Waals surface area contributed by atoms with Gasteiger partial charge in [-0.25, -0.2) is 0 Å². The molecule has 1 aromatic heterocycles. The molecule has 0 amide bonds. The summed E-state index contributed by atoms with van der Waals surface area (Å²) in [6.45, 7) is 0.711. The van der Waals surface area contributed by atoms with Crippen LogP contribution in [0, 0.1) is 0 Å². The van der Waals surface area contributed by atoms with Crippen LogP contribution in [0.2, 0.25) is 0 Å². The monoisotopic (exact) mass is 636 g/mol. The van der Waals surface area contributed by atoms with Crippen molar-refractivity contribution in [3.63, 3.8) is 0 Å². The third kappa shape index (κ3) is 5.82. The summed E-state index contributed by atoms with van der Waals surface area (Å²) in [5, 5.41) is 32.7. The van der Waals surface area contributed by atoms with Gasteiger partial charge in [0.1, 0.15) is 12.4 Å². The van der Waals surface area contributed by atoms with Crippen molar-refractivity contribution >= 4 is 10.9 Å². The summed E-state index contributed by atoms with van der Waals surface area (Å²) in [7, 11) is 0. The molecule has 0 spiro atoms. The minimum atomic E-state index is -1.61. The van der Waals surface area contributed by atoms with Crippen LogP contribution in [0.25, 0.3) is 44.3 Å². The lowest BCUT2D eigenvalue weighted by Crippen LogP contribution is -2.11. The van der Waals surface area contributed by atoms with Crippen LogP contribution in [0.4, 0.5) is 0 Å². The summed E-state index contributed by atoms with van der Waals surface area (Å²) >= 11 is 0. The lowest BCUT2D eigenvalue weighted by atomic mass is 9.92. The van der Waals surface area contributed by atoms with Gasteiger partial charge in [-0.1, -0.05) is 85.6 Å². The second-order valence-electron chi connectivity index (χ2n) is 13.3. The molecule has 0 unspecified atom stereocenters. The number of aromatic nitrogens is 1. The molecule has 1 aliphatic heterocycles. The molecule has 242 valence electrons. The molecule has 0 saturated heterocycles. The number of hydrogen-bond acceptors (Lipinski definition) is 5. The molecule has 5 aromatic carbocycles. The van der Waals surface area contributed by atoms with Crippen LogP contribution in [0.5, 0.6) is 5.75 Å². The molecule has 6 nitrogen and oxygen atoms in total. The van der Waals surface area contributed by atoms with Gasteiger partial charge in [0, 0.05) is 22.7 Å². The maximum Gasteiger partial charge on any atom is 0.180 e. The van der Waals surface area contributed by atoms with Crippen molar-refractivity contribution in [1.29, 1.82) is 0 Å². The van der Waals surface area contributed by atoms with Crippen molar-refractivity contribution in [2.45, 2.75) is 56.6 Å². The highest BCUT2D eigenvalue weighted by Gasteiger charge is 2.22. The van der Waals surface area contributed by atoms with Crippen LogP contribution in [-0.4, -0.2) is 26.5 Å². The molecule has 1 fully saturated rings. The molecule has 48 heavy (non-hydrogen) atoms. The molecule has 5 N–H and O–H groups in total. The minimum absolute atomic E-state index is 0.175. The first kappa shape index (κ1) is 30.6. The summed E-state index contributed by atoms with van der Waals surface area (Å²) in [5.74, 6) is 1.52. The molecule has 8 rings (SSSR count). The van der Waals surface area contributed by atoms with E-state index in [1.165, 1.54) is 42.4 Å². The Morgan fingerprint density at radius 3 is 2.06 bits per heavy atom. The van der Waals surface area contributed by atoms with E-state index in [0.717, 1.165) is 44.5 Å². The molecule has 0 radical (unpaired) electrons. The van der Waals surface area contributed by atoms with Crippen LogP contribution in [-0.2, 0) is 6.54 Å². The van der Waals surface area contributed by atoms with Crippen molar-refractivity contribution in [3.8, 4) is 39.1 Å². The Morgan fingerprint density at radius 1 is 0.708 bits per heavy atom. The van der Waals surface area contributed by atoms with Crippen LogP contribution < -0.4 is 10.5 Å². The summed E-state index contributed by atoms with van der Waals surface area (Å²) in [6, 6.07) is 37.2. The smallest absolute Gasteiger partial charge is 0.180 e. The fourth-order valence-electron chi connectivity index (χ4n) is 7.60. The SMILES string of the molecule is N[C@@H]1COc2ccc(-c3cc(-c4ccc(-c5ccc(C6CCCC6)cc5)cc4)cc([C@H](O)Cn4ccc5cccc(C(O)O)c54)c3)cc21. The molecular formula is C42H40N2O4. The first-order valence-electron chi connectivity index (χ1n) is 16.9. The summed E-state index contributed by atoms with van der Waals surface area (Å²) in [4.78, 5) is 0. The Labute approximate surface area is 280 Å². The Balaban J connectivity index is 1.14. The summed E-state index contributed by atoms with van der Waals surface area (Å²) < 4.78 is 7.64. The largest absolute Gasteiger partial charge is 0.491 e. The zero-order chi connectivity index (χ0) is 32.8. The topological polar surface area (TPSA) is 101 Å². The molecule has 1 saturated carbocycles. The molecular weight excluding hydrogens is 596 g/mol. The molecule has 0 bridgehead atoms. The zero-order valence-electron chi connectivity index (χ0n) is 26.8. The van der Waals surface area contributed by atoms with E-state index >= 15 is 0 Å². The van der Waals surface area contributed by atoms with E-state index in [4.69, 9.17) is 10.5 Å². The second kappa shape index (κ2) is 12.7. The van der Waals surface area contributed by atoms with Crippen molar-refractivity contribution in [2.24, 2.45) is 5.73 Å². The number of nitrogens with zero attached hydrogens (tertiary/aromatic N) is 1. The number of rotatable bonds is 8. The van der Waals surface area contributed by atoms with Crippen molar-refractivity contribution in [2.75, 3.05) is 6.61 Å². The van der Waals surface area contributed by atoms with Gasteiger partial charge in [-0.3, -0.25) is 0 Å². The van der Waals surface area contributed by atoms with E-state index in [-0.39, 0.29) is 12.6 Å². The molecule has 2 heterocycles. The van der Waals surface area contributed by atoms with Crippen LogP contribution >= 0.6 is 0 Å². The van der Waals surface area contributed by atoms with E-state index < -0.39 is 12.4 Å². The Morgan fingerprint density at radius 2 is 1.35 bits per heavy atom. The van der Waals surface area contributed by atoms with Crippen molar-refractivity contribution < 1.29 is 20.1 Å². The van der Waals surface area contributed by atoms with E-state index in [0.29, 0.717) is 23.6 Å². The average Bonchev–Trinajstić information content (AvgIpc) is 3.89. The third-order valence-corrected chi connectivity index (χ3v) is 10.3. The number of aliphatic hydroxyl groups is 3. The first-order valence-corrected chi connectivity index (χ1v) is 16.9. The fraction of sp³-hybridized carbons (Fsp3) is 0.238. The third-order valence-electron chi connectivity index (χ3n) is 10.3. The standard InChI is InChI=1S/C42H40N2O4/c43-38-25-48-40-17-16-32(23-37(38)40)34-20-33(30-14-12-29(13-15-30)28-10-8-27(9-11-28)26-4-1-2-5-26)21-35(22-34)39(45)24-44-19-18-31-6-3-7-36(41(31)44)42(46)47/h3,6-23,26,38-39,42,45-47H,1-2,4-5,24-25,43H2/t38-,39-/m1/s1. The number of benzene rings is 5. The lowest BCUT2D eigenvalue weighted by molar-refractivity contribution is -0.0416. The van der Waals surface area contributed by atoms with Gasteiger partial charge in [0.05, 0.1) is 24.2 Å². The van der Waals surface area contributed by atoms with Crippen LogP contribution in [0.1, 0.15) is 72.3 Å². The van der Waals surface area contributed by atoms with Crippen molar-refractivity contribution in [3.05, 3.63) is 138 Å². The average molecular weight is 637 g/mol. The van der Waals surface area contributed by atoms with Crippen LogP contribution in [0.15, 0.2) is 115 Å². The molecule has 2 atom stereocenters. The maximum atomic E-state index is 11.7. The summed E-state index contributed by atoms with van der Waals surface area (Å²) in [6.07, 6.45) is 4.67. The van der Waals surface area contributed by atoms with Gasteiger partial charge in [-0.15, -0.1) is 0 Å². The van der Waals surface area contributed by atoms with E-state index in [2.05, 4.69) is 66.7 Å². The maximum absolute atomic E-state index is 11.7. The van der Waals surface area contributed by atoms with Gasteiger partial charge in [-0.2, -0.15) is 0 Å². The highest BCUT2D eigenvalue weighted by Crippen LogP contribution is 2.39. The van der Waals surface area contributed by atoms with Gasteiger partial charge in [0.15, 0.2) is 6.29 Å². The number of nitrogens with two attached hydrogens (primary N) is 1. The highest BCUT2D eigenvalue weighted by atomic mass is 16.5. The predicted molar refractivity (Wildman–Crippen MR) is 190 cm³/mol. The fourth-order valence-corrected chi connectivity index (χ4v) is 7.60. The first-order chi connectivity index (χ1) is 23.4. The molecule has 1 aliphatic carbocycles. The van der Waals surface area contributed by atoms with E-state index in [9.17, 15) is 15.3 Å². The van der Waals surface area contributed by atoms with Gasteiger partial charge in [-0.05, 0) is 99.7 Å². The Kier molecular flexibility index (Phi) is 8.11. The van der Waals surface area contributed by atoms with Crippen LogP contribution in [0.3, 0.4) is 0 Å². The van der Waals surface area contributed by atoms with Gasteiger partial charge < -0.3 is 30.4 Å². The molecule has 6 aromatic rings. The van der Waals surface area contributed by atoms with Gasteiger partial charge in [0.25, 0.3) is 0 Å². The zero-order valence-corrected chi connectivity index (χ0v) is 26.8. The predicted octanol–water partition coefficient (Wildman–Crippen LogP) is 8.41. The Bertz CT molecular complexity index is 2070. The number of ether oxygens (including phenoxy) is 1. The number of para-hydroxylation sites is 1. The summed E-state index contributed by atoms with van der Waals surface area (Å²) in [5.41, 5.74) is 17.0. The normalized spacial score (nSPS) is 16.8. The number of aliphatic hydroxyl groups excluding tert-OH is 2. The van der Waals surface area contributed by atoms with Gasteiger partial charge >= 0.3 is 0 Å². The second-order valence-corrected chi connectivity index (χ2v) is 13.3. The van der Waals surface area contributed by atoms with Gasteiger partial charge in [0.2, 0.25) is 0 Å². The number of hydrogen-bond donors (Lipinski definition) is 4.